The molecule has 0 amide bonds. The molecule has 80 valence electrons. The SMILES string of the molecule is Cc1occc1S(=O)(=O)Cc1ccon1. The Morgan fingerprint density at radius 3 is 2.67 bits per heavy atom. The zero-order valence-electron chi connectivity index (χ0n) is 8.00. The second kappa shape index (κ2) is 3.54. The molecule has 0 aliphatic carbocycles. The molecular formula is C9H9NO4S. The third-order valence-corrected chi connectivity index (χ3v) is 3.74. The molecule has 0 saturated heterocycles. The summed E-state index contributed by atoms with van der Waals surface area (Å²) in [4.78, 5) is 0.200. The van der Waals surface area contributed by atoms with Gasteiger partial charge in [-0.3, -0.25) is 0 Å². The fourth-order valence-electron chi connectivity index (χ4n) is 1.28. The molecule has 5 nitrogen and oxygen atoms in total. The van der Waals surface area contributed by atoms with Gasteiger partial charge in [-0.15, -0.1) is 0 Å². The van der Waals surface area contributed by atoms with Gasteiger partial charge >= 0.3 is 0 Å². The quantitative estimate of drug-likeness (QED) is 0.795. The lowest BCUT2D eigenvalue weighted by atomic mass is 10.5. The van der Waals surface area contributed by atoms with Crippen molar-refractivity contribution in [1.82, 2.24) is 5.16 Å². The van der Waals surface area contributed by atoms with Gasteiger partial charge in [0.05, 0.1) is 12.0 Å². The van der Waals surface area contributed by atoms with Crippen LogP contribution >= 0.6 is 0 Å². The molecule has 2 aromatic rings. The van der Waals surface area contributed by atoms with E-state index in [1.807, 2.05) is 0 Å². The summed E-state index contributed by atoms with van der Waals surface area (Å²) in [6.45, 7) is 1.61. The van der Waals surface area contributed by atoms with Crippen LogP contribution in [-0.4, -0.2) is 13.6 Å². The molecule has 0 atom stereocenters. The first-order valence-corrected chi connectivity index (χ1v) is 5.91. The Kier molecular flexibility index (Phi) is 2.36. The van der Waals surface area contributed by atoms with Crippen molar-refractivity contribution in [1.29, 1.82) is 0 Å². The van der Waals surface area contributed by atoms with Crippen molar-refractivity contribution < 1.29 is 17.4 Å². The molecule has 2 aromatic heterocycles. The number of hydrogen-bond donors (Lipinski definition) is 0. The van der Waals surface area contributed by atoms with Crippen LogP contribution in [0.5, 0.6) is 0 Å². The number of nitrogens with zero attached hydrogens (tertiary/aromatic N) is 1. The molecule has 0 aliphatic heterocycles. The van der Waals surface area contributed by atoms with Crippen molar-refractivity contribution in [3.63, 3.8) is 0 Å². The van der Waals surface area contributed by atoms with Crippen LogP contribution in [0.2, 0.25) is 0 Å². The maximum absolute atomic E-state index is 11.8. The highest BCUT2D eigenvalue weighted by atomic mass is 32.2. The highest BCUT2D eigenvalue weighted by Gasteiger charge is 2.20. The average Bonchev–Trinajstić information content (AvgIpc) is 2.75. The molecular weight excluding hydrogens is 218 g/mol. The van der Waals surface area contributed by atoms with Gasteiger partial charge in [0.2, 0.25) is 0 Å². The van der Waals surface area contributed by atoms with Crippen molar-refractivity contribution >= 4 is 9.84 Å². The summed E-state index contributed by atoms with van der Waals surface area (Å²) in [5.74, 6) is 0.211. The molecule has 0 N–H and O–H groups in total. The molecule has 0 saturated carbocycles. The van der Waals surface area contributed by atoms with Crippen LogP contribution in [0.15, 0.2) is 38.5 Å². The van der Waals surface area contributed by atoms with Gasteiger partial charge in [0.1, 0.15) is 22.7 Å². The van der Waals surface area contributed by atoms with E-state index >= 15 is 0 Å². The summed E-state index contributed by atoms with van der Waals surface area (Å²) in [6, 6.07) is 2.96. The van der Waals surface area contributed by atoms with E-state index in [2.05, 4.69) is 9.68 Å². The van der Waals surface area contributed by atoms with Gasteiger partial charge in [-0.05, 0) is 13.0 Å². The van der Waals surface area contributed by atoms with E-state index < -0.39 is 9.84 Å². The van der Waals surface area contributed by atoms with Crippen molar-refractivity contribution in [2.24, 2.45) is 0 Å². The van der Waals surface area contributed by atoms with Crippen LogP contribution in [0.1, 0.15) is 11.5 Å². The van der Waals surface area contributed by atoms with Gasteiger partial charge in [-0.2, -0.15) is 0 Å². The van der Waals surface area contributed by atoms with Crippen LogP contribution < -0.4 is 0 Å². The fraction of sp³-hybridized carbons (Fsp3) is 0.222. The Balaban J connectivity index is 2.33. The molecule has 2 rings (SSSR count). The Morgan fingerprint density at radius 1 is 1.33 bits per heavy atom. The highest BCUT2D eigenvalue weighted by molar-refractivity contribution is 7.90. The van der Waals surface area contributed by atoms with Crippen LogP contribution in [0.25, 0.3) is 0 Å². The highest BCUT2D eigenvalue weighted by Crippen LogP contribution is 2.20. The van der Waals surface area contributed by atoms with Gasteiger partial charge < -0.3 is 8.94 Å². The van der Waals surface area contributed by atoms with E-state index in [4.69, 9.17) is 4.42 Å². The topological polar surface area (TPSA) is 73.3 Å². The summed E-state index contributed by atoms with van der Waals surface area (Å²) in [7, 11) is -3.39. The monoisotopic (exact) mass is 227 g/mol. The van der Waals surface area contributed by atoms with Gasteiger partial charge in [-0.1, -0.05) is 5.16 Å². The Bertz CT molecular complexity index is 538. The zero-order chi connectivity index (χ0) is 10.9. The normalized spacial score (nSPS) is 11.8. The molecule has 0 spiro atoms. The Morgan fingerprint density at radius 2 is 2.13 bits per heavy atom. The number of aryl methyl sites for hydroxylation is 1. The Labute approximate surface area is 86.6 Å². The van der Waals surface area contributed by atoms with Gasteiger partial charge in [0.15, 0.2) is 9.84 Å². The summed E-state index contributed by atoms with van der Waals surface area (Å²) in [6.07, 6.45) is 2.69. The number of sulfone groups is 1. The van der Waals surface area contributed by atoms with Crippen molar-refractivity contribution in [3.05, 3.63) is 36.1 Å². The second-order valence-corrected chi connectivity index (χ2v) is 5.05. The minimum Gasteiger partial charge on any atom is -0.468 e. The first-order valence-electron chi connectivity index (χ1n) is 4.26. The third kappa shape index (κ3) is 1.94. The number of aromatic nitrogens is 1. The van der Waals surface area contributed by atoms with Crippen LogP contribution in [0, 0.1) is 6.92 Å². The lowest BCUT2D eigenvalue weighted by molar-refractivity contribution is 0.413. The summed E-state index contributed by atoms with van der Waals surface area (Å²) in [5.41, 5.74) is 0.385. The van der Waals surface area contributed by atoms with Gasteiger partial charge in [-0.25, -0.2) is 8.42 Å². The van der Waals surface area contributed by atoms with E-state index in [0.29, 0.717) is 11.5 Å². The second-order valence-electron chi connectivity index (χ2n) is 3.09. The lowest BCUT2D eigenvalue weighted by Crippen LogP contribution is -2.05. The van der Waals surface area contributed by atoms with Crippen molar-refractivity contribution in [2.45, 2.75) is 17.6 Å². The third-order valence-electron chi connectivity index (χ3n) is 1.98. The zero-order valence-corrected chi connectivity index (χ0v) is 8.82. The largest absolute Gasteiger partial charge is 0.468 e. The van der Waals surface area contributed by atoms with E-state index in [1.54, 1.807) is 6.92 Å². The number of rotatable bonds is 3. The standard InChI is InChI=1S/C9H9NO4S/c1-7-9(3-4-13-7)15(11,12)6-8-2-5-14-10-8/h2-5H,6H2,1H3. The molecule has 0 radical (unpaired) electrons. The predicted octanol–water partition coefficient (Wildman–Crippen LogP) is 1.55. The summed E-state index contributed by atoms with van der Waals surface area (Å²) >= 11 is 0. The maximum atomic E-state index is 11.8. The Hall–Kier alpha value is -1.56. The lowest BCUT2D eigenvalue weighted by Gasteiger charge is -1.98. The van der Waals surface area contributed by atoms with E-state index in [9.17, 15) is 8.42 Å². The van der Waals surface area contributed by atoms with Crippen LogP contribution in [0.4, 0.5) is 0 Å². The number of hydrogen-bond acceptors (Lipinski definition) is 5. The first kappa shape index (κ1) is 9.97. The smallest absolute Gasteiger partial charge is 0.187 e. The molecule has 15 heavy (non-hydrogen) atoms. The van der Waals surface area contributed by atoms with Gasteiger partial charge in [0.25, 0.3) is 0 Å². The minimum absolute atomic E-state index is 0.177. The molecule has 0 fully saturated rings. The van der Waals surface area contributed by atoms with Crippen LogP contribution in [-0.2, 0) is 15.6 Å². The van der Waals surface area contributed by atoms with Crippen LogP contribution in [0.3, 0.4) is 0 Å². The van der Waals surface area contributed by atoms with Crippen molar-refractivity contribution in [2.75, 3.05) is 0 Å². The number of furan rings is 1. The van der Waals surface area contributed by atoms with E-state index in [0.717, 1.165) is 0 Å². The minimum atomic E-state index is -3.39. The molecule has 0 unspecified atom stereocenters. The molecule has 0 bridgehead atoms. The molecule has 6 heteroatoms. The summed E-state index contributed by atoms with van der Waals surface area (Å²) < 4.78 is 33.2. The first-order chi connectivity index (χ1) is 7.09. The van der Waals surface area contributed by atoms with E-state index in [1.165, 1.54) is 24.7 Å². The fourth-order valence-corrected chi connectivity index (χ4v) is 2.72. The van der Waals surface area contributed by atoms with Gasteiger partial charge in [0, 0.05) is 6.07 Å². The van der Waals surface area contributed by atoms with Crippen molar-refractivity contribution in [3.8, 4) is 0 Å². The average molecular weight is 227 g/mol. The van der Waals surface area contributed by atoms with E-state index in [-0.39, 0.29) is 10.6 Å². The molecule has 2 heterocycles. The summed E-state index contributed by atoms with van der Waals surface area (Å²) in [5, 5.41) is 3.56. The molecule has 0 aromatic carbocycles. The maximum Gasteiger partial charge on any atom is 0.187 e. The molecule has 0 aliphatic rings. The predicted molar refractivity (Wildman–Crippen MR) is 50.8 cm³/mol.